The van der Waals surface area contributed by atoms with Gasteiger partial charge >= 0.3 is 5.97 Å². The minimum Gasteiger partial charge on any atom is -0.449 e. The minimum absolute atomic E-state index is 0.158. The molecular formula is C17H16ClN3O4. The molecule has 25 heavy (non-hydrogen) atoms. The molecule has 1 atom stereocenters. The number of hydrogen-bond donors (Lipinski definition) is 2. The molecule has 0 bridgehead atoms. The van der Waals surface area contributed by atoms with Gasteiger partial charge in [0.2, 0.25) is 5.91 Å². The molecule has 130 valence electrons. The molecule has 0 aliphatic rings. The van der Waals surface area contributed by atoms with E-state index in [1.54, 1.807) is 24.3 Å². The van der Waals surface area contributed by atoms with E-state index in [0.29, 0.717) is 11.4 Å². The third kappa shape index (κ3) is 5.58. The molecule has 0 saturated heterocycles. The van der Waals surface area contributed by atoms with E-state index < -0.39 is 18.0 Å². The first-order valence-electron chi connectivity index (χ1n) is 7.36. The maximum Gasteiger partial charge on any atom is 0.339 e. The number of esters is 1. The van der Waals surface area contributed by atoms with Crippen LogP contribution in [0, 0.1) is 0 Å². The molecule has 1 aromatic carbocycles. The molecule has 2 rings (SSSR count). The van der Waals surface area contributed by atoms with Gasteiger partial charge in [0, 0.05) is 24.5 Å². The van der Waals surface area contributed by atoms with Crippen LogP contribution in [0.15, 0.2) is 42.6 Å². The van der Waals surface area contributed by atoms with Crippen molar-refractivity contribution in [3.8, 4) is 0 Å². The zero-order valence-electron chi connectivity index (χ0n) is 13.6. The van der Waals surface area contributed by atoms with Gasteiger partial charge in [0.1, 0.15) is 5.15 Å². The Morgan fingerprint density at radius 1 is 1.08 bits per heavy atom. The van der Waals surface area contributed by atoms with Crippen LogP contribution in [0.25, 0.3) is 0 Å². The van der Waals surface area contributed by atoms with Crippen molar-refractivity contribution in [3.63, 3.8) is 0 Å². The van der Waals surface area contributed by atoms with Gasteiger partial charge in [-0.1, -0.05) is 11.6 Å². The Kier molecular flexibility index (Phi) is 6.08. The van der Waals surface area contributed by atoms with Gasteiger partial charge in [0.25, 0.3) is 5.91 Å². The van der Waals surface area contributed by atoms with Crippen molar-refractivity contribution in [2.45, 2.75) is 20.0 Å². The van der Waals surface area contributed by atoms with Crippen LogP contribution in [-0.4, -0.2) is 28.9 Å². The molecule has 0 aliphatic carbocycles. The number of anilines is 2. The lowest BCUT2D eigenvalue weighted by molar-refractivity contribution is -0.123. The number of rotatable bonds is 5. The van der Waals surface area contributed by atoms with Crippen LogP contribution >= 0.6 is 11.6 Å². The Balaban J connectivity index is 1.93. The Hall–Kier alpha value is -2.93. The molecule has 0 fully saturated rings. The van der Waals surface area contributed by atoms with Crippen molar-refractivity contribution in [2.24, 2.45) is 0 Å². The summed E-state index contributed by atoms with van der Waals surface area (Å²) in [5.41, 5.74) is 1.33. The predicted octanol–water partition coefficient (Wildman–Crippen LogP) is 2.88. The number of hydrogen-bond acceptors (Lipinski definition) is 5. The van der Waals surface area contributed by atoms with Gasteiger partial charge in [-0.3, -0.25) is 9.59 Å². The van der Waals surface area contributed by atoms with Crippen LogP contribution in [0.3, 0.4) is 0 Å². The van der Waals surface area contributed by atoms with Gasteiger partial charge in [-0.05, 0) is 43.3 Å². The largest absolute Gasteiger partial charge is 0.449 e. The second-order valence-electron chi connectivity index (χ2n) is 5.16. The summed E-state index contributed by atoms with van der Waals surface area (Å²) in [5.74, 6) is -1.35. The molecule has 2 N–H and O–H groups in total. The Morgan fingerprint density at radius 3 is 2.24 bits per heavy atom. The molecule has 0 saturated carbocycles. The summed E-state index contributed by atoms with van der Waals surface area (Å²) in [4.78, 5) is 38.8. The molecule has 7 nitrogen and oxygen atoms in total. The Labute approximate surface area is 149 Å². The summed E-state index contributed by atoms with van der Waals surface area (Å²) in [6.07, 6.45) is 0.370. The van der Waals surface area contributed by atoms with Crippen LogP contribution in [0.5, 0.6) is 0 Å². The normalized spacial score (nSPS) is 11.3. The van der Waals surface area contributed by atoms with Crippen molar-refractivity contribution < 1.29 is 19.1 Å². The van der Waals surface area contributed by atoms with Crippen LogP contribution in [-0.2, 0) is 14.3 Å². The first kappa shape index (κ1) is 18.4. The summed E-state index contributed by atoms with van der Waals surface area (Å²) in [7, 11) is 0. The van der Waals surface area contributed by atoms with Crippen LogP contribution in [0.1, 0.15) is 24.2 Å². The third-order valence-electron chi connectivity index (χ3n) is 3.09. The van der Waals surface area contributed by atoms with E-state index in [1.807, 2.05) is 0 Å². The number of halogens is 1. The highest BCUT2D eigenvalue weighted by Crippen LogP contribution is 2.15. The fourth-order valence-corrected chi connectivity index (χ4v) is 2.07. The van der Waals surface area contributed by atoms with Crippen LogP contribution in [0.4, 0.5) is 11.4 Å². The lowest BCUT2D eigenvalue weighted by atomic mass is 10.2. The smallest absolute Gasteiger partial charge is 0.339 e. The van der Waals surface area contributed by atoms with Crippen molar-refractivity contribution in [3.05, 3.63) is 53.3 Å². The van der Waals surface area contributed by atoms with E-state index in [0.717, 1.165) is 0 Å². The lowest BCUT2D eigenvalue weighted by Gasteiger charge is -2.14. The van der Waals surface area contributed by atoms with Gasteiger partial charge in [0.15, 0.2) is 6.10 Å². The SMILES string of the molecule is CC(=O)Nc1ccc(NC(=O)C(C)OC(=O)c2ccnc(Cl)c2)cc1. The van der Waals surface area contributed by atoms with Gasteiger partial charge < -0.3 is 15.4 Å². The Bertz CT molecular complexity index is 793. The molecule has 0 aliphatic heterocycles. The number of benzene rings is 1. The second-order valence-corrected chi connectivity index (χ2v) is 5.55. The molecule has 2 amide bonds. The first-order valence-corrected chi connectivity index (χ1v) is 7.74. The minimum atomic E-state index is -1.01. The quantitative estimate of drug-likeness (QED) is 0.630. The number of amides is 2. The highest BCUT2D eigenvalue weighted by atomic mass is 35.5. The topological polar surface area (TPSA) is 97.4 Å². The molecule has 0 spiro atoms. The maximum atomic E-state index is 12.1. The number of nitrogens with one attached hydrogen (secondary N) is 2. The molecule has 1 aromatic heterocycles. The third-order valence-corrected chi connectivity index (χ3v) is 3.29. The number of ether oxygens (including phenoxy) is 1. The van der Waals surface area contributed by atoms with Gasteiger partial charge in [-0.15, -0.1) is 0 Å². The zero-order valence-corrected chi connectivity index (χ0v) is 14.3. The molecule has 1 heterocycles. The average Bonchev–Trinajstić information content (AvgIpc) is 2.56. The average molecular weight is 362 g/mol. The van der Waals surface area contributed by atoms with E-state index in [4.69, 9.17) is 16.3 Å². The van der Waals surface area contributed by atoms with Gasteiger partial charge in [0.05, 0.1) is 5.56 Å². The molecule has 8 heteroatoms. The van der Waals surface area contributed by atoms with Crippen molar-refractivity contribution in [1.82, 2.24) is 4.98 Å². The van der Waals surface area contributed by atoms with Crippen molar-refractivity contribution >= 4 is 40.8 Å². The fraction of sp³-hybridized carbons (Fsp3) is 0.176. The van der Waals surface area contributed by atoms with Crippen molar-refractivity contribution in [2.75, 3.05) is 10.6 Å². The monoisotopic (exact) mass is 361 g/mol. The Morgan fingerprint density at radius 2 is 1.68 bits per heavy atom. The van der Waals surface area contributed by atoms with E-state index in [9.17, 15) is 14.4 Å². The number of carbonyl (C=O) groups excluding carboxylic acids is 3. The van der Waals surface area contributed by atoms with E-state index in [2.05, 4.69) is 15.6 Å². The van der Waals surface area contributed by atoms with Crippen molar-refractivity contribution in [1.29, 1.82) is 0 Å². The zero-order chi connectivity index (χ0) is 18.4. The second kappa shape index (κ2) is 8.25. The molecule has 2 aromatic rings. The highest BCUT2D eigenvalue weighted by molar-refractivity contribution is 6.29. The predicted molar refractivity (Wildman–Crippen MR) is 93.5 cm³/mol. The van der Waals surface area contributed by atoms with E-state index in [1.165, 1.54) is 32.2 Å². The standard InChI is InChI=1S/C17H16ClN3O4/c1-10(25-17(24)12-7-8-19-15(18)9-12)16(23)21-14-5-3-13(4-6-14)20-11(2)22/h3-10H,1-2H3,(H,20,22)(H,21,23). The van der Waals surface area contributed by atoms with Crippen LogP contribution in [0.2, 0.25) is 5.15 Å². The summed E-state index contributed by atoms with van der Waals surface area (Å²) >= 11 is 5.72. The first-order chi connectivity index (χ1) is 11.8. The number of aromatic nitrogens is 1. The van der Waals surface area contributed by atoms with Gasteiger partial charge in [-0.25, -0.2) is 9.78 Å². The van der Waals surface area contributed by atoms with E-state index >= 15 is 0 Å². The summed E-state index contributed by atoms with van der Waals surface area (Å²) < 4.78 is 5.11. The number of nitrogens with zero attached hydrogens (tertiary/aromatic N) is 1. The maximum absolute atomic E-state index is 12.1. The summed E-state index contributed by atoms with van der Waals surface area (Å²) in [5, 5.41) is 5.40. The van der Waals surface area contributed by atoms with Gasteiger partial charge in [-0.2, -0.15) is 0 Å². The summed E-state index contributed by atoms with van der Waals surface area (Å²) in [6.45, 7) is 2.86. The lowest BCUT2D eigenvalue weighted by Crippen LogP contribution is -2.30. The number of carbonyl (C=O) groups is 3. The highest BCUT2D eigenvalue weighted by Gasteiger charge is 2.19. The molecule has 0 radical (unpaired) electrons. The molecular weight excluding hydrogens is 346 g/mol. The number of pyridine rings is 1. The van der Waals surface area contributed by atoms with Crippen LogP contribution < -0.4 is 10.6 Å². The van der Waals surface area contributed by atoms with E-state index in [-0.39, 0.29) is 16.6 Å². The molecule has 1 unspecified atom stereocenters. The fourth-order valence-electron chi connectivity index (χ4n) is 1.90. The summed E-state index contributed by atoms with van der Waals surface area (Å²) in [6, 6.07) is 9.34.